The molecule has 2 aromatic heterocycles. The van der Waals surface area contributed by atoms with Crippen molar-refractivity contribution in [1.29, 1.82) is 0 Å². The summed E-state index contributed by atoms with van der Waals surface area (Å²) in [5.41, 5.74) is 2.62. The first kappa shape index (κ1) is 23.2. The van der Waals surface area contributed by atoms with Crippen LogP contribution in [-0.4, -0.2) is 45.2 Å². The van der Waals surface area contributed by atoms with E-state index in [0.29, 0.717) is 11.4 Å². The highest BCUT2D eigenvalue weighted by Gasteiger charge is 2.26. The molecule has 0 aliphatic heterocycles. The van der Waals surface area contributed by atoms with Gasteiger partial charge < -0.3 is 19.4 Å². The summed E-state index contributed by atoms with van der Waals surface area (Å²) in [6.07, 6.45) is -1.84. The van der Waals surface area contributed by atoms with Gasteiger partial charge in [0, 0.05) is 24.9 Å². The summed E-state index contributed by atoms with van der Waals surface area (Å²) in [6, 6.07) is 6.72. The number of aryl methyl sites for hydroxylation is 1. The lowest BCUT2D eigenvalue weighted by Gasteiger charge is -2.13. The Bertz CT molecular complexity index is 1100. The number of ether oxygens (including phenoxy) is 2. The van der Waals surface area contributed by atoms with Gasteiger partial charge in [-0.25, -0.2) is 15.0 Å². The monoisotopic (exact) mass is 449 g/mol. The van der Waals surface area contributed by atoms with E-state index in [-0.39, 0.29) is 29.7 Å². The molecule has 0 spiro atoms. The van der Waals surface area contributed by atoms with E-state index in [1.807, 2.05) is 23.8 Å². The second-order valence-corrected chi connectivity index (χ2v) is 6.98. The molecule has 0 saturated heterocycles. The summed E-state index contributed by atoms with van der Waals surface area (Å²) < 4.78 is 49.2. The smallest absolute Gasteiger partial charge is 0.391 e. The number of ketones is 1. The average molecular weight is 449 g/mol. The Morgan fingerprint density at radius 3 is 2.62 bits per heavy atom. The number of anilines is 2. The van der Waals surface area contributed by atoms with E-state index in [1.54, 1.807) is 18.5 Å². The van der Waals surface area contributed by atoms with Crippen molar-refractivity contribution in [3.63, 3.8) is 0 Å². The summed E-state index contributed by atoms with van der Waals surface area (Å²) in [5.74, 6) is 0.363. The molecule has 0 fully saturated rings. The topological polar surface area (TPSA) is 91.2 Å². The van der Waals surface area contributed by atoms with Gasteiger partial charge in [-0.3, -0.25) is 4.79 Å². The van der Waals surface area contributed by atoms with Crippen LogP contribution in [0.1, 0.15) is 35.2 Å². The molecular weight excluding hydrogens is 427 g/mol. The molecule has 0 bridgehead atoms. The Balaban J connectivity index is 1.79. The van der Waals surface area contributed by atoms with Crippen molar-refractivity contribution in [2.45, 2.75) is 33.1 Å². The Labute approximate surface area is 182 Å². The van der Waals surface area contributed by atoms with Crippen LogP contribution in [0, 0.1) is 6.92 Å². The predicted molar refractivity (Wildman–Crippen MR) is 111 cm³/mol. The molecule has 0 unspecified atom stereocenters. The third-order valence-electron chi connectivity index (χ3n) is 4.35. The molecule has 1 aromatic carbocycles. The van der Waals surface area contributed by atoms with Gasteiger partial charge in [-0.15, -0.1) is 0 Å². The van der Waals surface area contributed by atoms with Gasteiger partial charge in [0.15, 0.2) is 5.78 Å². The van der Waals surface area contributed by atoms with Gasteiger partial charge in [0.25, 0.3) is 0 Å². The van der Waals surface area contributed by atoms with Gasteiger partial charge in [-0.05, 0) is 25.1 Å². The van der Waals surface area contributed by atoms with Crippen LogP contribution >= 0.6 is 0 Å². The van der Waals surface area contributed by atoms with Gasteiger partial charge in [0.2, 0.25) is 5.95 Å². The number of halogens is 3. The first-order chi connectivity index (χ1) is 15.1. The van der Waals surface area contributed by atoms with Crippen LogP contribution in [0.4, 0.5) is 24.8 Å². The number of carbonyl (C=O) groups excluding carboxylic acids is 1. The maximum Gasteiger partial charge on any atom is 0.391 e. The van der Waals surface area contributed by atoms with E-state index in [2.05, 4.69) is 20.3 Å². The third-order valence-corrected chi connectivity index (χ3v) is 4.35. The first-order valence-corrected chi connectivity index (χ1v) is 9.64. The van der Waals surface area contributed by atoms with Crippen molar-refractivity contribution in [3.8, 4) is 11.4 Å². The molecule has 11 heteroatoms. The summed E-state index contributed by atoms with van der Waals surface area (Å²) in [4.78, 5) is 24.5. The highest BCUT2D eigenvalue weighted by molar-refractivity contribution is 5.92. The van der Waals surface area contributed by atoms with E-state index >= 15 is 0 Å². The number of hydrogen-bond donors (Lipinski definition) is 1. The number of benzene rings is 1. The van der Waals surface area contributed by atoms with Crippen molar-refractivity contribution < 1.29 is 27.4 Å². The van der Waals surface area contributed by atoms with Crippen molar-refractivity contribution in [2.24, 2.45) is 0 Å². The largest absolute Gasteiger partial charge is 0.494 e. The zero-order chi connectivity index (χ0) is 23.3. The Kier molecular flexibility index (Phi) is 7.08. The van der Waals surface area contributed by atoms with Crippen LogP contribution in [0.15, 0.2) is 36.8 Å². The molecule has 0 radical (unpaired) electrons. The molecule has 3 rings (SSSR count). The number of Topliss-reactive ketones (excluding diaryl/α,β-unsaturated/α-hetero) is 1. The Hall–Kier alpha value is -3.47. The normalized spacial score (nSPS) is 11.4. The van der Waals surface area contributed by atoms with Gasteiger partial charge in [-0.2, -0.15) is 13.2 Å². The van der Waals surface area contributed by atoms with E-state index in [0.717, 1.165) is 11.4 Å². The number of aromatic nitrogens is 4. The zero-order valence-corrected chi connectivity index (χ0v) is 17.7. The standard InChI is InChI=1S/C21H22F3N5O3/c1-13-10-29(12-25-13)18-5-4-15(9-19(18)31-3)26-20-27-16(8-17(28-20)14(2)30)11-32-7-6-21(22,23)24/h4-5,8-10,12H,6-7,11H2,1-3H3,(H,26,27,28). The number of alkyl halides is 3. The predicted octanol–water partition coefficient (Wildman–Crippen LogP) is 4.39. The fourth-order valence-electron chi connectivity index (χ4n) is 2.82. The molecule has 170 valence electrons. The van der Waals surface area contributed by atoms with Crippen LogP contribution in [0.5, 0.6) is 5.75 Å². The number of imidazole rings is 1. The van der Waals surface area contributed by atoms with E-state index in [4.69, 9.17) is 9.47 Å². The molecule has 0 aliphatic rings. The van der Waals surface area contributed by atoms with Crippen molar-refractivity contribution in [3.05, 3.63) is 53.9 Å². The van der Waals surface area contributed by atoms with Gasteiger partial charge >= 0.3 is 6.18 Å². The molecule has 8 nitrogen and oxygen atoms in total. The quantitative estimate of drug-likeness (QED) is 0.383. The Morgan fingerprint density at radius 1 is 1.22 bits per heavy atom. The van der Waals surface area contributed by atoms with Crippen LogP contribution in [0.3, 0.4) is 0 Å². The fourth-order valence-corrected chi connectivity index (χ4v) is 2.82. The molecule has 0 aliphatic carbocycles. The van der Waals surface area contributed by atoms with Crippen molar-refractivity contribution in [2.75, 3.05) is 19.0 Å². The minimum Gasteiger partial charge on any atom is -0.494 e. The van der Waals surface area contributed by atoms with Crippen LogP contribution < -0.4 is 10.1 Å². The second-order valence-electron chi connectivity index (χ2n) is 6.98. The summed E-state index contributed by atoms with van der Waals surface area (Å²) in [6.45, 7) is 2.53. The number of carbonyl (C=O) groups is 1. The summed E-state index contributed by atoms with van der Waals surface area (Å²) >= 11 is 0. The van der Waals surface area contributed by atoms with E-state index in [9.17, 15) is 18.0 Å². The van der Waals surface area contributed by atoms with Crippen LogP contribution in [-0.2, 0) is 11.3 Å². The highest BCUT2D eigenvalue weighted by atomic mass is 19.4. The molecular formula is C21H22F3N5O3. The molecule has 0 saturated carbocycles. The minimum atomic E-state index is -4.30. The highest BCUT2D eigenvalue weighted by Crippen LogP contribution is 2.28. The maximum absolute atomic E-state index is 12.3. The molecule has 0 atom stereocenters. The maximum atomic E-state index is 12.3. The van der Waals surface area contributed by atoms with Crippen LogP contribution in [0.25, 0.3) is 5.69 Å². The third kappa shape index (κ3) is 6.27. The Morgan fingerprint density at radius 2 is 2.00 bits per heavy atom. The lowest BCUT2D eigenvalue weighted by Crippen LogP contribution is -2.12. The second kappa shape index (κ2) is 9.77. The molecule has 0 amide bonds. The number of methoxy groups -OCH3 is 1. The lowest BCUT2D eigenvalue weighted by molar-refractivity contribution is -0.146. The van der Waals surface area contributed by atoms with E-state index in [1.165, 1.54) is 20.1 Å². The average Bonchev–Trinajstić information content (AvgIpc) is 3.16. The van der Waals surface area contributed by atoms with Crippen molar-refractivity contribution >= 4 is 17.4 Å². The van der Waals surface area contributed by atoms with Gasteiger partial charge in [0.05, 0.1) is 50.1 Å². The van der Waals surface area contributed by atoms with Gasteiger partial charge in [-0.1, -0.05) is 0 Å². The molecule has 2 heterocycles. The van der Waals surface area contributed by atoms with E-state index < -0.39 is 19.2 Å². The minimum absolute atomic E-state index is 0.111. The zero-order valence-electron chi connectivity index (χ0n) is 17.7. The summed E-state index contributed by atoms with van der Waals surface area (Å²) in [7, 11) is 1.54. The molecule has 3 aromatic rings. The fraction of sp³-hybridized carbons (Fsp3) is 0.333. The first-order valence-electron chi connectivity index (χ1n) is 9.64. The summed E-state index contributed by atoms with van der Waals surface area (Å²) in [5, 5.41) is 3.00. The lowest BCUT2D eigenvalue weighted by atomic mass is 10.2. The molecule has 1 N–H and O–H groups in total. The number of nitrogens with one attached hydrogen (secondary N) is 1. The number of nitrogens with zero attached hydrogens (tertiary/aromatic N) is 4. The molecule has 32 heavy (non-hydrogen) atoms. The van der Waals surface area contributed by atoms with Gasteiger partial charge in [0.1, 0.15) is 11.4 Å². The van der Waals surface area contributed by atoms with Crippen LogP contribution in [0.2, 0.25) is 0 Å². The number of rotatable bonds is 9. The van der Waals surface area contributed by atoms with Crippen molar-refractivity contribution in [1.82, 2.24) is 19.5 Å². The number of hydrogen-bond acceptors (Lipinski definition) is 7. The SMILES string of the molecule is COc1cc(Nc2nc(COCCC(F)(F)F)cc(C(C)=O)n2)ccc1-n1cnc(C)c1.